The molecule has 0 aromatic heterocycles. The molecule has 0 bridgehead atoms. The minimum absolute atomic E-state index is 0.146. The van der Waals surface area contributed by atoms with E-state index >= 15 is 0 Å². The van der Waals surface area contributed by atoms with Crippen LogP contribution in [0, 0.1) is 34.5 Å². The predicted molar refractivity (Wildman–Crippen MR) is 113 cm³/mol. The molecule has 5 rings (SSSR count). The smallest absolute Gasteiger partial charge is 0.275 e. The van der Waals surface area contributed by atoms with Crippen molar-refractivity contribution in [3.05, 3.63) is 22.8 Å². The number of fused-ring (bicyclic) bond motifs is 5. The van der Waals surface area contributed by atoms with Crippen molar-refractivity contribution in [1.82, 2.24) is 5.43 Å². The second-order valence-corrected chi connectivity index (χ2v) is 10.6. The molecule has 156 valence electrons. The van der Waals surface area contributed by atoms with E-state index in [1.807, 2.05) is 6.08 Å². The van der Waals surface area contributed by atoms with Crippen molar-refractivity contribution in [3.63, 3.8) is 0 Å². The lowest BCUT2D eigenvalue weighted by Gasteiger charge is -2.58. The Morgan fingerprint density at radius 1 is 1.10 bits per heavy atom. The Labute approximate surface area is 173 Å². The topological polar surface area (TPSA) is 84.6 Å². The van der Waals surface area contributed by atoms with E-state index in [4.69, 9.17) is 5.73 Å². The van der Waals surface area contributed by atoms with Crippen molar-refractivity contribution in [2.75, 3.05) is 0 Å². The van der Waals surface area contributed by atoms with E-state index in [-0.39, 0.29) is 16.7 Å². The number of hydrazone groups is 1. The summed E-state index contributed by atoms with van der Waals surface area (Å²) in [5, 5.41) is 3.95. The SMILES string of the molecule is C/C(=C1/C(=O)NN=C1N)C1CC[C@H]2[C@@H]3CCC4=CC(=O)CC[C@]4(C)[C@H]3CC[C@]12C. The van der Waals surface area contributed by atoms with Gasteiger partial charge >= 0.3 is 0 Å². The Morgan fingerprint density at radius 2 is 1.90 bits per heavy atom. The van der Waals surface area contributed by atoms with Gasteiger partial charge in [-0.1, -0.05) is 25.0 Å². The highest BCUT2D eigenvalue weighted by Crippen LogP contribution is 2.67. The number of amides is 1. The minimum Gasteiger partial charge on any atom is -0.382 e. The van der Waals surface area contributed by atoms with Gasteiger partial charge in [0.25, 0.3) is 5.91 Å². The van der Waals surface area contributed by atoms with Crippen LogP contribution in [0.5, 0.6) is 0 Å². The average Bonchev–Trinajstić information content (AvgIpc) is 3.20. The van der Waals surface area contributed by atoms with Crippen molar-refractivity contribution < 1.29 is 9.59 Å². The van der Waals surface area contributed by atoms with Crippen molar-refractivity contribution in [1.29, 1.82) is 0 Å². The Morgan fingerprint density at radius 3 is 2.62 bits per heavy atom. The summed E-state index contributed by atoms with van der Waals surface area (Å²) in [6.45, 7) is 7.00. The van der Waals surface area contributed by atoms with Gasteiger partial charge in [-0.05, 0) is 92.4 Å². The number of ketones is 1. The lowest BCUT2D eigenvalue weighted by atomic mass is 9.46. The number of hydrogen-bond donors (Lipinski definition) is 2. The fourth-order valence-corrected chi connectivity index (χ4v) is 8.17. The summed E-state index contributed by atoms with van der Waals surface area (Å²) >= 11 is 0. The van der Waals surface area contributed by atoms with Crippen LogP contribution in [0.4, 0.5) is 0 Å². The van der Waals surface area contributed by atoms with Gasteiger partial charge in [0.2, 0.25) is 0 Å². The molecular formula is C24H33N3O2. The molecule has 6 atom stereocenters. The average molecular weight is 396 g/mol. The van der Waals surface area contributed by atoms with Gasteiger partial charge in [0.1, 0.15) is 0 Å². The van der Waals surface area contributed by atoms with Crippen molar-refractivity contribution in [3.8, 4) is 0 Å². The second-order valence-electron chi connectivity index (χ2n) is 10.6. The molecule has 1 heterocycles. The summed E-state index contributed by atoms with van der Waals surface area (Å²) in [5.41, 5.74) is 12.2. The van der Waals surface area contributed by atoms with Crippen molar-refractivity contribution >= 4 is 17.5 Å². The molecule has 0 aromatic rings. The number of carbonyl (C=O) groups excluding carboxylic acids is 2. The zero-order valence-corrected chi connectivity index (χ0v) is 17.9. The van der Waals surface area contributed by atoms with Gasteiger partial charge in [-0.15, -0.1) is 0 Å². The van der Waals surface area contributed by atoms with E-state index in [2.05, 4.69) is 31.3 Å². The Hall–Kier alpha value is -1.91. The molecule has 3 fully saturated rings. The van der Waals surface area contributed by atoms with Crippen LogP contribution in [0.25, 0.3) is 0 Å². The molecule has 0 spiro atoms. The zero-order valence-electron chi connectivity index (χ0n) is 17.9. The molecule has 5 nitrogen and oxygen atoms in total. The van der Waals surface area contributed by atoms with Crippen LogP contribution in [-0.2, 0) is 9.59 Å². The molecule has 3 saturated carbocycles. The molecule has 5 aliphatic rings. The van der Waals surface area contributed by atoms with Crippen LogP contribution in [0.15, 0.2) is 27.9 Å². The largest absolute Gasteiger partial charge is 0.382 e. The lowest BCUT2D eigenvalue weighted by molar-refractivity contribution is -0.118. The molecule has 5 heteroatoms. The van der Waals surface area contributed by atoms with Crippen LogP contribution in [0.2, 0.25) is 0 Å². The van der Waals surface area contributed by atoms with Gasteiger partial charge in [0.15, 0.2) is 11.6 Å². The highest BCUT2D eigenvalue weighted by atomic mass is 16.2. The van der Waals surface area contributed by atoms with Crippen molar-refractivity contribution in [2.24, 2.45) is 45.3 Å². The molecule has 3 N–H and O–H groups in total. The summed E-state index contributed by atoms with van der Waals surface area (Å²) in [6, 6.07) is 0. The number of allylic oxidation sites excluding steroid dienone is 2. The highest BCUT2D eigenvalue weighted by Gasteiger charge is 2.59. The standard InChI is InChI=1S/C24H33N3O2/c1-13(20-21(25)26-27-22(20)29)17-6-7-18-16-5-4-14-12-15(28)8-10-23(14,2)19(16)9-11-24(17,18)3/h12,16-19H,4-11H2,1-3H3,(H2,25,26)(H,27,29)/b20-13-/t16-,17?,18-,19-,23-,24+/m0/s1. The van der Waals surface area contributed by atoms with Crippen LogP contribution < -0.4 is 11.2 Å². The van der Waals surface area contributed by atoms with Crippen LogP contribution >= 0.6 is 0 Å². The maximum absolute atomic E-state index is 12.3. The van der Waals surface area contributed by atoms with Gasteiger partial charge in [0.05, 0.1) is 5.57 Å². The maximum Gasteiger partial charge on any atom is 0.275 e. The summed E-state index contributed by atoms with van der Waals surface area (Å²) in [5.74, 6) is 3.05. The summed E-state index contributed by atoms with van der Waals surface area (Å²) < 4.78 is 0. The number of hydrogen-bond acceptors (Lipinski definition) is 4. The highest BCUT2D eigenvalue weighted by molar-refractivity contribution is 6.23. The Bertz CT molecular complexity index is 885. The fourth-order valence-electron chi connectivity index (χ4n) is 8.17. The molecular weight excluding hydrogens is 362 g/mol. The van der Waals surface area contributed by atoms with Crippen LogP contribution in [0.3, 0.4) is 0 Å². The zero-order chi connectivity index (χ0) is 20.6. The second kappa shape index (κ2) is 6.29. The first-order valence-electron chi connectivity index (χ1n) is 11.3. The van der Waals surface area contributed by atoms with Gasteiger partial charge < -0.3 is 5.73 Å². The van der Waals surface area contributed by atoms with Crippen LogP contribution in [-0.4, -0.2) is 17.5 Å². The third kappa shape index (κ3) is 2.55. The van der Waals surface area contributed by atoms with E-state index in [0.717, 1.165) is 30.8 Å². The van der Waals surface area contributed by atoms with E-state index < -0.39 is 0 Å². The summed E-state index contributed by atoms with van der Waals surface area (Å²) in [6.07, 6.45) is 10.8. The quantitative estimate of drug-likeness (QED) is 0.661. The Balaban J connectivity index is 1.47. The first kappa shape index (κ1) is 19.1. The van der Waals surface area contributed by atoms with Crippen molar-refractivity contribution in [2.45, 2.75) is 72.1 Å². The maximum atomic E-state index is 12.3. The molecule has 1 unspecified atom stereocenters. The number of carbonyl (C=O) groups is 2. The van der Waals surface area contributed by atoms with E-state index in [1.165, 1.54) is 31.3 Å². The predicted octanol–water partition coefficient (Wildman–Crippen LogP) is 3.85. The van der Waals surface area contributed by atoms with E-state index in [0.29, 0.717) is 41.4 Å². The molecule has 0 aromatic carbocycles. The third-order valence-corrected chi connectivity index (χ3v) is 9.64. The molecule has 0 radical (unpaired) electrons. The summed E-state index contributed by atoms with van der Waals surface area (Å²) in [7, 11) is 0. The first-order chi connectivity index (χ1) is 13.8. The number of rotatable bonds is 1. The minimum atomic E-state index is -0.146. The number of nitrogens with one attached hydrogen (secondary N) is 1. The molecule has 29 heavy (non-hydrogen) atoms. The van der Waals surface area contributed by atoms with Gasteiger partial charge in [-0.3, -0.25) is 9.59 Å². The Kier molecular flexibility index (Phi) is 4.14. The monoisotopic (exact) mass is 395 g/mol. The normalized spacial score (nSPS) is 45.6. The van der Waals surface area contributed by atoms with Crippen LogP contribution in [0.1, 0.15) is 72.1 Å². The van der Waals surface area contributed by atoms with Gasteiger partial charge in [-0.2, -0.15) is 5.10 Å². The molecule has 0 saturated heterocycles. The molecule has 1 aliphatic heterocycles. The first-order valence-corrected chi connectivity index (χ1v) is 11.3. The lowest BCUT2D eigenvalue weighted by Crippen LogP contribution is -2.50. The molecule has 1 amide bonds. The van der Waals surface area contributed by atoms with Gasteiger partial charge in [-0.25, -0.2) is 5.43 Å². The third-order valence-electron chi connectivity index (χ3n) is 9.64. The summed E-state index contributed by atoms with van der Waals surface area (Å²) in [4.78, 5) is 24.3. The van der Waals surface area contributed by atoms with E-state index in [1.54, 1.807) is 0 Å². The number of amidine groups is 1. The molecule has 4 aliphatic carbocycles. The number of nitrogens with zero attached hydrogens (tertiary/aromatic N) is 1. The fraction of sp³-hybridized carbons (Fsp3) is 0.708. The van der Waals surface area contributed by atoms with E-state index in [9.17, 15) is 9.59 Å². The number of nitrogens with two attached hydrogens (primary N) is 1. The van der Waals surface area contributed by atoms with Gasteiger partial charge in [0, 0.05) is 6.42 Å².